The molecule has 0 aliphatic rings. The molecule has 5 heteroatoms. The summed E-state index contributed by atoms with van der Waals surface area (Å²) in [6.45, 7) is 0.861. The molecule has 2 aromatic rings. The second-order valence-electron chi connectivity index (χ2n) is 4.17. The van der Waals surface area contributed by atoms with Gasteiger partial charge in [-0.25, -0.2) is 0 Å². The molecule has 0 unspecified atom stereocenters. The maximum absolute atomic E-state index is 5.66. The Balaban J connectivity index is 2.02. The van der Waals surface area contributed by atoms with Gasteiger partial charge in [-0.1, -0.05) is 6.07 Å². The highest BCUT2D eigenvalue weighted by Gasteiger charge is 2.05. The van der Waals surface area contributed by atoms with E-state index in [1.165, 1.54) is 0 Å². The van der Waals surface area contributed by atoms with Gasteiger partial charge in [0.25, 0.3) is 0 Å². The fraction of sp³-hybridized carbons (Fsp3) is 0.267. The van der Waals surface area contributed by atoms with E-state index in [0.717, 1.165) is 11.3 Å². The molecule has 1 aromatic heterocycles. The summed E-state index contributed by atoms with van der Waals surface area (Å²) in [4.78, 5) is 4.18. The molecule has 0 fully saturated rings. The lowest BCUT2D eigenvalue weighted by Gasteiger charge is -2.10. The maximum Gasteiger partial charge on any atom is 0.161 e. The predicted octanol–water partition coefficient (Wildman–Crippen LogP) is 2.14. The monoisotopic (exact) mass is 274 g/mol. The standard InChI is InChI=1S/C15H18N2O3/c1-18-14-6-3-11(7-15(14)19-2)10-20-13-5-4-12(8-16)17-9-13/h3-7,9H,8,10,16H2,1-2H3. The van der Waals surface area contributed by atoms with Crippen molar-refractivity contribution in [1.29, 1.82) is 0 Å². The van der Waals surface area contributed by atoms with Crippen molar-refractivity contribution in [3.8, 4) is 17.2 Å². The minimum Gasteiger partial charge on any atom is -0.493 e. The van der Waals surface area contributed by atoms with Gasteiger partial charge in [-0.3, -0.25) is 4.98 Å². The molecule has 1 heterocycles. The van der Waals surface area contributed by atoms with Crippen molar-refractivity contribution in [2.75, 3.05) is 14.2 Å². The Kier molecular flexibility index (Phi) is 4.79. The lowest BCUT2D eigenvalue weighted by atomic mass is 10.2. The SMILES string of the molecule is COc1ccc(COc2ccc(CN)nc2)cc1OC. The number of benzene rings is 1. The fourth-order valence-corrected chi connectivity index (χ4v) is 1.75. The average molecular weight is 274 g/mol. The molecular formula is C15H18N2O3. The molecule has 5 nitrogen and oxygen atoms in total. The van der Waals surface area contributed by atoms with E-state index in [4.69, 9.17) is 19.9 Å². The van der Waals surface area contributed by atoms with Crippen molar-refractivity contribution in [2.45, 2.75) is 13.2 Å². The van der Waals surface area contributed by atoms with E-state index in [1.54, 1.807) is 20.4 Å². The van der Waals surface area contributed by atoms with Crippen LogP contribution in [0.4, 0.5) is 0 Å². The van der Waals surface area contributed by atoms with Crippen LogP contribution in [0.3, 0.4) is 0 Å². The summed E-state index contributed by atoms with van der Waals surface area (Å²) in [5, 5.41) is 0. The van der Waals surface area contributed by atoms with Gasteiger partial charge in [0.15, 0.2) is 11.5 Å². The molecule has 0 bridgehead atoms. The number of hydrogen-bond donors (Lipinski definition) is 1. The third-order valence-electron chi connectivity index (χ3n) is 2.86. The van der Waals surface area contributed by atoms with Gasteiger partial charge < -0.3 is 19.9 Å². The third kappa shape index (κ3) is 3.39. The topological polar surface area (TPSA) is 66.6 Å². The van der Waals surface area contributed by atoms with Gasteiger partial charge in [0.1, 0.15) is 12.4 Å². The Morgan fingerprint density at radius 3 is 2.45 bits per heavy atom. The molecule has 0 amide bonds. The van der Waals surface area contributed by atoms with Crippen LogP contribution < -0.4 is 19.9 Å². The smallest absolute Gasteiger partial charge is 0.161 e. The third-order valence-corrected chi connectivity index (χ3v) is 2.86. The first-order valence-electron chi connectivity index (χ1n) is 6.25. The minimum atomic E-state index is 0.427. The first kappa shape index (κ1) is 14.1. The first-order valence-corrected chi connectivity index (χ1v) is 6.25. The van der Waals surface area contributed by atoms with Crippen LogP contribution in [0.5, 0.6) is 17.2 Å². The van der Waals surface area contributed by atoms with Crippen LogP contribution in [-0.2, 0) is 13.2 Å². The molecule has 0 spiro atoms. The van der Waals surface area contributed by atoms with E-state index < -0.39 is 0 Å². The molecule has 20 heavy (non-hydrogen) atoms. The Hall–Kier alpha value is -2.27. The molecular weight excluding hydrogens is 256 g/mol. The largest absolute Gasteiger partial charge is 0.493 e. The van der Waals surface area contributed by atoms with Crippen molar-refractivity contribution in [3.63, 3.8) is 0 Å². The van der Waals surface area contributed by atoms with Crippen molar-refractivity contribution < 1.29 is 14.2 Å². The van der Waals surface area contributed by atoms with Crippen LogP contribution in [0, 0.1) is 0 Å². The maximum atomic E-state index is 5.66. The van der Waals surface area contributed by atoms with Gasteiger partial charge in [-0.2, -0.15) is 0 Å². The number of ether oxygens (including phenoxy) is 3. The molecule has 0 saturated carbocycles. The van der Waals surface area contributed by atoms with Crippen molar-refractivity contribution >= 4 is 0 Å². The highest BCUT2D eigenvalue weighted by Crippen LogP contribution is 2.28. The number of nitrogens with two attached hydrogens (primary N) is 1. The van der Waals surface area contributed by atoms with E-state index in [9.17, 15) is 0 Å². The van der Waals surface area contributed by atoms with Crippen LogP contribution in [0.15, 0.2) is 36.5 Å². The number of aromatic nitrogens is 1. The fourth-order valence-electron chi connectivity index (χ4n) is 1.75. The first-order chi connectivity index (χ1) is 9.76. The second-order valence-corrected chi connectivity index (χ2v) is 4.17. The number of methoxy groups -OCH3 is 2. The summed E-state index contributed by atoms with van der Waals surface area (Å²) in [5.74, 6) is 2.09. The number of nitrogens with zero attached hydrogens (tertiary/aromatic N) is 1. The van der Waals surface area contributed by atoms with E-state index in [1.807, 2.05) is 30.3 Å². The molecule has 0 aliphatic heterocycles. The zero-order valence-corrected chi connectivity index (χ0v) is 11.6. The van der Waals surface area contributed by atoms with E-state index in [0.29, 0.717) is 30.4 Å². The Morgan fingerprint density at radius 1 is 1.05 bits per heavy atom. The summed E-state index contributed by atoms with van der Waals surface area (Å²) in [5.41, 5.74) is 7.32. The summed E-state index contributed by atoms with van der Waals surface area (Å²) in [6.07, 6.45) is 1.67. The summed E-state index contributed by atoms with van der Waals surface area (Å²) < 4.78 is 16.1. The summed E-state index contributed by atoms with van der Waals surface area (Å²) in [6, 6.07) is 9.39. The minimum absolute atomic E-state index is 0.427. The van der Waals surface area contributed by atoms with E-state index >= 15 is 0 Å². The summed E-state index contributed by atoms with van der Waals surface area (Å²) >= 11 is 0. The molecule has 2 rings (SSSR count). The van der Waals surface area contributed by atoms with Crippen LogP contribution in [0.25, 0.3) is 0 Å². The zero-order chi connectivity index (χ0) is 14.4. The number of pyridine rings is 1. The molecule has 0 saturated heterocycles. The van der Waals surface area contributed by atoms with Crippen molar-refractivity contribution in [1.82, 2.24) is 4.98 Å². The highest BCUT2D eigenvalue weighted by molar-refractivity contribution is 5.42. The Labute approximate surface area is 118 Å². The van der Waals surface area contributed by atoms with E-state index in [2.05, 4.69) is 4.98 Å². The van der Waals surface area contributed by atoms with Crippen LogP contribution in [-0.4, -0.2) is 19.2 Å². The van der Waals surface area contributed by atoms with E-state index in [-0.39, 0.29) is 0 Å². The number of rotatable bonds is 6. The Bertz CT molecular complexity index is 556. The zero-order valence-electron chi connectivity index (χ0n) is 11.6. The van der Waals surface area contributed by atoms with Gasteiger partial charge in [-0.15, -0.1) is 0 Å². The number of hydrogen-bond acceptors (Lipinski definition) is 5. The van der Waals surface area contributed by atoms with Crippen molar-refractivity contribution in [3.05, 3.63) is 47.8 Å². The molecule has 1 aromatic carbocycles. The van der Waals surface area contributed by atoms with Crippen LogP contribution >= 0.6 is 0 Å². The summed E-state index contributed by atoms with van der Waals surface area (Å²) in [7, 11) is 3.22. The lowest BCUT2D eigenvalue weighted by molar-refractivity contribution is 0.302. The van der Waals surface area contributed by atoms with Crippen LogP contribution in [0.1, 0.15) is 11.3 Å². The predicted molar refractivity (Wildman–Crippen MR) is 76.0 cm³/mol. The average Bonchev–Trinajstić information content (AvgIpc) is 2.53. The van der Waals surface area contributed by atoms with Gasteiger partial charge >= 0.3 is 0 Å². The second kappa shape index (κ2) is 6.77. The molecule has 2 N–H and O–H groups in total. The van der Waals surface area contributed by atoms with Gasteiger partial charge in [-0.05, 0) is 29.8 Å². The molecule has 106 valence electrons. The quantitative estimate of drug-likeness (QED) is 0.874. The Morgan fingerprint density at radius 2 is 1.85 bits per heavy atom. The van der Waals surface area contributed by atoms with Crippen LogP contribution in [0.2, 0.25) is 0 Å². The normalized spacial score (nSPS) is 10.2. The van der Waals surface area contributed by atoms with Gasteiger partial charge in [0.05, 0.1) is 26.1 Å². The lowest BCUT2D eigenvalue weighted by Crippen LogP contribution is -2.01. The van der Waals surface area contributed by atoms with Gasteiger partial charge in [0.2, 0.25) is 0 Å². The highest BCUT2D eigenvalue weighted by atomic mass is 16.5. The molecule has 0 aliphatic carbocycles. The van der Waals surface area contributed by atoms with Crippen molar-refractivity contribution in [2.24, 2.45) is 5.73 Å². The molecule has 0 atom stereocenters. The van der Waals surface area contributed by atoms with Gasteiger partial charge in [0, 0.05) is 6.54 Å². The molecule has 0 radical (unpaired) electrons.